The van der Waals surface area contributed by atoms with Crippen molar-refractivity contribution >= 4 is 12.1 Å². The molecular formula is C17H14N2O4. The number of benzene rings is 1. The molecular weight excluding hydrogens is 296 g/mol. The minimum Gasteiger partial charge on any atom is -0.497 e. The maximum atomic E-state index is 11.9. The van der Waals surface area contributed by atoms with Gasteiger partial charge >= 0.3 is 5.91 Å². The molecule has 0 saturated carbocycles. The Morgan fingerprint density at radius 3 is 2.70 bits per heavy atom. The largest absolute Gasteiger partial charge is 0.497 e. The van der Waals surface area contributed by atoms with Gasteiger partial charge in [-0.3, -0.25) is 4.79 Å². The van der Waals surface area contributed by atoms with Crippen molar-refractivity contribution in [3.05, 3.63) is 66.3 Å². The molecule has 0 unspecified atom stereocenters. The van der Waals surface area contributed by atoms with E-state index in [4.69, 9.17) is 13.6 Å². The highest BCUT2D eigenvalue weighted by atomic mass is 16.5. The van der Waals surface area contributed by atoms with Crippen LogP contribution in [0, 0.1) is 0 Å². The van der Waals surface area contributed by atoms with E-state index in [2.05, 4.69) is 10.5 Å². The summed E-state index contributed by atoms with van der Waals surface area (Å²) in [6, 6.07) is 14.1. The van der Waals surface area contributed by atoms with Gasteiger partial charge < -0.3 is 13.6 Å². The molecule has 0 bridgehead atoms. The molecule has 2 heterocycles. The number of nitrogens with zero attached hydrogens (tertiary/aromatic N) is 1. The lowest BCUT2D eigenvalue weighted by molar-refractivity contribution is 0.0928. The maximum Gasteiger partial charge on any atom is 0.307 e. The molecule has 0 atom stereocenters. The standard InChI is InChI=1S/C17H14N2O4/c1-21-13-6-4-12(5-7-13)15-8-9-16(23-15)17(20)19-18-11-14-3-2-10-22-14/h2-11H,1H3,(H,19,20)/b18-11+. The first-order valence-corrected chi connectivity index (χ1v) is 6.87. The fraction of sp³-hybridized carbons (Fsp3) is 0.0588. The van der Waals surface area contributed by atoms with Crippen LogP contribution in [0.5, 0.6) is 5.75 Å². The monoisotopic (exact) mass is 310 g/mol. The molecule has 6 heteroatoms. The number of hydrazone groups is 1. The highest BCUT2D eigenvalue weighted by Crippen LogP contribution is 2.24. The molecule has 0 fully saturated rings. The quantitative estimate of drug-likeness (QED) is 0.579. The number of ether oxygens (including phenoxy) is 1. The van der Waals surface area contributed by atoms with Crippen molar-refractivity contribution in [2.24, 2.45) is 5.10 Å². The van der Waals surface area contributed by atoms with Gasteiger partial charge in [-0.15, -0.1) is 0 Å². The van der Waals surface area contributed by atoms with Crippen LogP contribution in [0.3, 0.4) is 0 Å². The highest BCUT2D eigenvalue weighted by molar-refractivity contribution is 5.92. The van der Waals surface area contributed by atoms with Crippen LogP contribution in [0.15, 0.2) is 68.7 Å². The van der Waals surface area contributed by atoms with Gasteiger partial charge in [0.2, 0.25) is 0 Å². The molecule has 23 heavy (non-hydrogen) atoms. The van der Waals surface area contributed by atoms with Crippen molar-refractivity contribution in [2.75, 3.05) is 7.11 Å². The zero-order valence-corrected chi connectivity index (χ0v) is 12.4. The molecule has 1 N–H and O–H groups in total. The predicted octanol–water partition coefficient (Wildman–Crippen LogP) is 3.31. The number of rotatable bonds is 5. The van der Waals surface area contributed by atoms with Crippen LogP contribution in [-0.2, 0) is 0 Å². The Balaban J connectivity index is 1.67. The van der Waals surface area contributed by atoms with Gasteiger partial charge in [0.15, 0.2) is 5.76 Å². The van der Waals surface area contributed by atoms with Crippen molar-refractivity contribution in [1.82, 2.24) is 5.43 Å². The SMILES string of the molecule is COc1ccc(-c2ccc(C(=O)N/N=C/c3ccco3)o2)cc1. The summed E-state index contributed by atoms with van der Waals surface area (Å²) in [6.07, 6.45) is 2.93. The van der Waals surface area contributed by atoms with Gasteiger partial charge in [-0.2, -0.15) is 5.10 Å². The van der Waals surface area contributed by atoms with E-state index in [-0.39, 0.29) is 5.76 Å². The summed E-state index contributed by atoms with van der Waals surface area (Å²) in [6.45, 7) is 0. The minimum absolute atomic E-state index is 0.174. The van der Waals surface area contributed by atoms with E-state index in [1.807, 2.05) is 24.3 Å². The lowest BCUT2D eigenvalue weighted by atomic mass is 10.2. The molecule has 0 aliphatic rings. The Bertz CT molecular complexity index is 802. The smallest absolute Gasteiger partial charge is 0.307 e. The van der Waals surface area contributed by atoms with Crippen molar-refractivity contribution in [3.63, 3.8) is 0 Å². The molecule has 0 aliphatic heterocycles. The van der Waals surface area contributed by atoms with E-state index in [1.165, 1.54) is 12.5 Å². The number of hydrogen-bond donors (Lipinski definition) is 1. The first kappa shape index (κ1) is 14.6. The second-order valence-electron chi connectivity index (χ2n) is 4.61. The first-order valence-electron chi connectivity index (χ1n) is 6.87. The molecule has 6 nitrogen and oxygen atoms in total. The van der Waals surface area contributed by atoms with Crippen LogP contribution in [0.1, 0.15) is 16.3 Å². The minimum atomic E-state index is -0.437. The van der Waals surface area contributed by atoms with Gasteiger partial charge in [-0.05, 0) is 48.5 Å². The van der Waals surface area contributed by atoms with Crippen LogP contribution in [0.4, 0.5) is 0 Å². The molecule has 0 saturated heterocycles. The van der Waals surface area contributed by atoms with Gasteiger partial charge in [0.25, 0.3) is 0 Å². The summed E-state index contributed by atoms with van der Waals surface area (Å²) in [5.41, 5.74) is 3.23. The van der Waals surface area contributed by atoms with Gasteiger partial charge in [0, 0.05) is 5.56 Å². The first-order chi connectivity index (χ1) is 11.3. The van der Waals surface area contributed by atoms with E-state index in [0.717, 1.165) is 11.3 Å². The Kier molecular flexibility index (Phi) is 4.24. The average Bonchev–Trinajstić information content (AvgIpc) is 3.26. The van der Waals surface area contributed by atoms with Crippen molar-refractivity contribution in [1.29, 1.82) is 0 Å². The Morgan fingerprint density at radius 2 is 2.00 bits per heavy atom. The number of methoxy groups -OCH3 is 1. The van der Waals surface area contributed by atoms with Crippen molar-refractivity contribution in [2.45, 2.75) is 0 Å². The third-order valence-corrected chi connectivity index (χ3v) is 3.11. The molecule has 0 spiro atoms. The summed E-state index contributed by atoms with van der Waals surface area (Å²) in [5, 5.41) is 3.80. The van der Waals surface area contributed by atoms with E-state index in [9.17, 15) is 4.79 Å². The molecule has 116 valence electrons. The van der Waals surface area contributed by atoms with Gasteiger partial charge in [0.1, 0.15) is 17.3 Å². The lowest BCUT2D eigenvalue weighted by Gasteiger charge is -2.00. The molecule has 0 aliphatic carbocycles. The van der Waals surface area contributed by atoms with Crippen molar-refractivity contribution in [3.8, 4) is 17.1 Å². The molecule has 3 rings (SSSR count). The molecule has 2 aromatic heterocycles. The van der Waals surface area contributed by atoms with Crippen LogP contribution in [0.2, 0.25) is 0 Å². The zero-order valence-electron chi connectivity index (χ0n) is 12.4. The molecule has 3 aromatic rings. The maximum absolute atomic E-state index is 11.9. The number of carbonyl (C=O) groups excluding carboxylic acids is 1. The highest BCUT2D eigenvalue weighted by Gasteiger charge is 2.11. The number of hydrogen-bond acceptors (Lipinski definition) is 5. The van der Waals surface area contributed by atoms with E-state index in [1.54, 1.807) is 31.4 Å². The Morgan fingerprint density at radius 1 is 1.17 bits per heavy atom. The number of amides is 1. The summed E-state index contributed by atoms with van der Waals surface area (Å²) < 4.78 is 15.7. The van der Waals surface area contributed by atoms with Gasteiger partial charge in [-0.25, -0.2) is 5.43 Å². The number of nitrogens with one attached hydrogen (secondary N) is 1. The van der Waals surface area contributed by atoms with Crippen LogP contribution < -0.4 is 10.2 Å². The molecule has 1 aromatic carbocycles. The summed E-state index contributed by atoms with van der Waals surface area (Å²) in [7, 11) is 1.60. The third-order valence-electron chi connectivity index (χ3n) is 3.11. The summed E-state index contributed by atoms with van der Waals surface area (Å²) in [5.74, 6) is 1.63. The van der Waals surface area contributed by atoms with E-state index < -0.39 is 5.91 Å². The second kappa shape index (κ2) is 6.65. The van der Waals surface area contributed by atoms with Crippen molar-refractivity contribution < 1.29 is 18.4 Å². The fourth-order valence-electron chi connectivity index (χ4n) is 1.94. The average molecular weight is 310 g/mol. The Labute approximate surface area is 132 Å². The zero-order chi connectivity index (χ0) is 16.1. The third kappa shape index (κ3) is 3.49. The fourth-order valence-corrected chi connectivity index (χ4v) is 1.94. The molecule has 1 amide bonds. The van der Waals surface area contributed by atoms with Crippen LogP contribution in [-0.4, -0.2) is 19.2 Å². The predicted molar refractivity (Wildman–Crippen MR) is 84.5 cm³/mol. The van der Waals surface area contributed by atoms with Gasteiger partial charge in [0.05, 0.1) is 19.6 Å². The van der Waals surface area contributed by atoms with E-state index >= 15 is 0 Å². The number of furan rings is 2. The summed E-state index contributed by atoms with van der Waals surface area (Å²) in [4.78, 5) is 11.9. The topological polar surface area (TPSA) is 77.0 Å². The Hall–Kier alpha value is -3.28. The lowest BCUT2D eigenvalue weighted by Crippen LogP contribution is -2.16. The van der Waals surface area contributed by atoms with E-state index in [0.29, 0.717) is 11.5 Å². The normalized spacial score (nSPS) is 10.8. The molecule has 0 radical (unpaired) electrons. The van der Waals surface area contributed by atoms with Crippen LogP contribution in [0.25, 0.3) is 11.3 Å². The summed E-state index contributed by atoms with van der Waals surface area (Å²) >= 11 is 0. The van der Waals surface area contributed by atoms with Gasteiger partial charge in [-0.1, -0.05) is 0 Å². The van der Waals surface area contributed by atoms with Crippen LogP contribution >= 0.6 is 0 Å². The second-order valence-corrected chi connectivity index (χ2v) is 4.61. The number of carbonyl (C=O) groups is 1.